The first-order valence-corrected chi connectivity index (χ1v) is 32.3. The largest absolute Gasteiger partial charge is 0.415 e. The van der Waals surface area contributed by atoms with Gasteiger partial charge in [-0.25, -0.2) is 4.85 Å². The molecule has 17 rings (SSSR count). The second-order valence-electron chi connectivity index (χ2n) is 24.9. The van der Waals surface area contributed by atoms with E-state index >= 15 is 13.2 Å². The minimum atomic E-state index is -4.79. The van der Waals surface area contributed by atoms with Crippen LogP contribution < -0.4 is 26.2 Å². The Balaban J connectivity index is 0.941. The lowest BCUT2D eigenvalue weighted by molar-refractivity contribution is -0.137. The quantitative estimate of drug-likeness (QED) is 0.101. The average molecular weight is 1250 g/mol. The molecular formula is C88H55BF3N5. The molecule has 456 valence electrons. The van der Waals surface area contributed by atoms with Crippen LogP contribution in [0.3, 0.4) is 0 Å². The van der Waals surface area contributed by atoms with E-state index in [0.717, 1.165) is 134 Å². The van der Waals surface area contributed by atoms with Gasteiger partial charge in [0.1, 0.15) is 0 Å². The second-order valence-corrected chi connectivity index (χ2v) is 24.9. The van der Waals surface area contributed by atoms with Crippen LogP contribution in [0.25, 0.3) is 110 Å². The van der Waals surface area contributed by atoms with Gasteiger partial charge in [-0.2, -0.15) is 18.4 Å². The van der Waals surface area contributed by atoms with Crippen molar-refractivity contribution < 1.29 is 13.2 Å². The highest BCUT2D eigenvalue weighted by molar-refractivity contribution is 7.00. The minimum Gasteiger partial charge on any atom is -0.311 e. The summed E-state index contributed by atoms with van der Waals surface area (Å²) in [6.07, 6.45) is -4.79. The molecule has 0 unspecified atom stereocenters. The summed E-state index contributed by atoms with van der Waals surface area (Å²) >= 11 is 0. The van der Waals surface area contributed by atoms with Crippen molar-refractivity contribution in [2.24, 2.45) is 0 Å². The SMILES string of the molecule is [C-]#[N+]c1ccc(-c2cc(-c3ccc(C#N)cc3C)ccc2-n2c3ccccc3c3cc(-c4cc5c6c(c4)N(c4cc(-c7ccccc7)cc(-c7ccccc7)c4)c4ccccc4B6c4ccccc4N5c4cc(-c5ccccc5)cc(-c5ccccc5)c4)ccc32)c(C(F)(F)F)c1. The lowest BCUT2D eigenvalue weighted by Crippen LogP contribution is -2.61. The van der Waals surface area contributed by atoms with Gasteiger partial charge in [0.15, 0.2) is 5.69 Å². The highest BCUT2D eigenvalue weighted by Crippen LogP contribution is 2.51. The fraction of sp³-hybridized carbons (Fsp3) is 0.0227. The molecule has 0 N–H and O–H groups in total. The van der Waals surface area contributed by atoms with Crippen molar-refractivity contribution in [2.45, 2.75) is 13.1 Å². The van der Waals surface area contributed by atoms with Gasteiger partial charge in [0.25, 0.3) is 6.71 Å². The van der Waals surface area contributed by atoms with E-state index in [4.69, 9.17) is 6.57 Å². The molecule has 3 heterocycles. The Bertz CT molecular complexity index is 5440. The lowest BCUT2D eigenvalue weighted by Gasteiger charge is -2.44. The zero-order valence-electron chi connectivity index (χ0n) is 52.5. The molecule has 9 heteroatoms. The fourth-order valence-corrected chi connectivity index (χ4v) is 14.9. The first-order valence-electron chi connectivity index (χ1n) is 32.3. The van der Waals surface area contributed by atoms with E-state index in [1.807, 2.05) is 49.4 Å². The van der Waals surface area contributed by atoms with E-state index < -0.39 is 11.7 Å². The number of alkyl halides is 3. The maximum Gasteiger partial charge on any atom is 0.415 e. The summed E-state index contributed by atoms with van der Waals surface area (Å²) < 4.78 is 48.8. The van der Waals surface area contributed by atoms with Gasteiger partial charge in [0.2, 0.25) is 0 Å². The number of benzene rings is 14. The molecule has 5 nitrogen and oxygen atoms in total. The molecule has 0 radical (unpaired) electrons. The lowest BCUT2D eigenvalue weighted by atomic mass is 9.33. The van der Waals surface area contributed by atoms with Gasteiger partial charge in [-0.1, -0.05) is 206 Å². The summed E-state index contributed by atoms with van der Waals surface area (Å²) in [7, 11) is 0. The van der Waals surface area contributed by atoms with Crippen molar-refractivity contribution in [3.05, 3.63) is 344 Å². The number of aromatic nitrogens is 1. The maximum absolute atomic E-state index is 15.6. The number of rotatable bonds is 10. The molecule has 1 aromatic heterocycles. The van der Waals surface area contributed by atoms with Crippen LogP contribution in [0.5, 0.6) is 0 Å². The van der Waals surface area contributed by atoms with E-state index in [2.05, 4.69) is 268 Å². The van der Waals surface area contributed by atoms with Crippen LogP contribution in [0.4, 0.5) is 53.0 Å². The monoisotopic (exact) mass is 1250 g/mol. The number of para-hydroxylation sites is 3. The van der Waals surface area contributed by atoms with Crippen molar-refractivity contribution in [1.29, 1.82) is 5.26 Å². The van der Waals surface area contributed by atoms with Crippen LogP contribution >= 0.6 is 0 Å². The maximum atomic E-state index is 15.6. The minimum absolute atomic E-state index is 0.0559. The van der Waals surface area contributed by atoms with Crippen molar-refractivity contribution in [3.63, 3.8) is 0 Å². The molecule has 0 saturated carbocycles. The molecule has 15 aromatic rings. The summed E-state index contributed by atoms with van der Waals surface area (Å²) in [5.74, 6) is 0. The van der Waals surface area contributed by atoms with Gasteiger partial charge in [0.05, 0.1) is 40.5 Å². The average Bonchev–Trinajstić information content (AvgIpc) is 0.913. The molecule has 0 fully saturated rings. The molecule has 2 aliphatic rings. The molecule has 2 aliphatic heterocycles. The molecule has 0 amide bonds. The summed E-state index contributed by atoms with van der Waals surface area (Å²) in [4.78, 5) is 8.38. The number of hydrogen-bond acceptors (Lipinski definition) is 3. The third-order valence-electron chi connectivity index (χ3n) is 19.3. The number of nitriles is 1. The third-order valence-corrected chi connectivity index (χ3v) is 19.3. The molecule has 14 aromatic carbocycles. The van der Waals surface area contributed by atoms with E-state index in [1.54, 1.807) is 12.1 Å². The molecule has 0 spiro atoms. The van der Waals surface area contributed by atoms with Crippen molar-refractivity contribution >= 4 is 84.7 Å². The number of nitrogens with zero attached hydrogens (tertiary/aromatic N) is 5. The van der Waals surface area contributed by atoms with Crippen LogP contribution in [0.2, 0.25) is 0 Å². The number of fused-ring (bicyclic) bond motifs is 7. The van der Waals surface area contributed by atoms with E-state index in [0.29, 0.717) is 22.4 Å². The standard InChI is InChI=1S/C88H55BF3N5/c1-56-43-57(55-93)35-39-72(56)63-37-42-81(75(51-63)73-40-38-69(94-2)54-77(73)88(90,91)92)97-80-32-18-15-29-74(80)76-50-62(36-41-82(76)97)68-52-85-87-86(53-68)96(71-48-66(60-25-11-5-12-26-60)45-67(49-71)61-27-13-6-14-28-61)84-34-20-17-31-79(84)89(87)78-30-16-19-33-83(78)95(85)70-46-64(58-21-7-3-8-22-58)44-65(47-70)59-23-9-4-10-24-59/h3-54H,1H3. The Labute approximate surface area is 560 Å². The molecule has 0 aliphatic carbocycles. The normalized spacial score (nSPS) is 12.2. The Kier molecular flexibility index (Phi) is 14.0. The number of anilines is 6. The Morgan fingerprint density at radius 1 is 0.371 bits per heavy atom. The summed E-state index contributed by atoms with van der Waals surface area (Å²) in [5, 5.41) is 11.6. The van der Waals surface area contributed by atoms with Crippen LogP contribution in [0, 0.1) is 24.8 Å². The predicted octanol–water partition coefficient (Wildman–Crippen LogP) is 22.3. The van der Waals surface area contributed by atoms with E-state index in [-0.39, 0.29) is 18.0 Å². The molecule has 0 saturated heterocycles. The van der Waals surface area contributed by atoms with E-state index in [1.165, 1.54) is 23.1 Å². The van der Waals surface area contributed by atoms with Gasteiger partial charge in [0, 0.05) is 50.5 Å². The molecular weight excluding hydrogens is 1190 g/mol. The van der Waals surface area contributed by atoms with Gasteiger partial charge in [-0.15, -0.1) is 0 Å². The zero-order valence-corrected chi connectivity index (χ0v) is 52.5. The summed E-state index contributed by atoms with van der Waals surface area (Å²) in [6, 6.07) is 110. The van der Waals surface area contributed by atoms with Crippen molar-refractivity contribution in [2.75, 3.05) is 9.80 Å². The van der Waals surface area contributed by atoms with Crippen LogP contribution in [-0.2, 0) is 6.18 Å². The number of hydrogen-bond donors (Lipinski definition) is 0. The van der Waals surface area contributed by atoms with Gasteiger partial charge in [-0.3, -0.25) is 0 Å². The van der Waals surface area contributed by atoms with Gasteiger partial charge < -0.3 is 14.4 Å². The van der Waals surface area contributed by atoms with Crippen LogP contribution in [-0.4, -0.2) is 11.3 Å². The number of aryl methyl sites for hydroxylation is 1. The highest BCUT2D eigenvalue weighted by atomic mass is 19.4. The fourth-order valence-electron chi connectivity index (χ4n) is 14.9. The third kappa shape index (κ3) is 10.0. The van der Waals surface area contributed by atoms with E-state index in [9.17, 15) is 5.26 Å². The van der Waals surface area contributed by atoms with Crippen molar-refractivity contribution in [3.8, 4) is 89.6 Å². The van der Waals surface area contributed by atoms with Gasteiger partial charge in [-0.05, 0) is 210 Å². The molecule has 97 heavy (non-hydrogen) atoms. The zero-order chi connectivity index (χ0) is 65.5. The predicted molar refractivity (Wildman–Crippen MR) is 394 cm³/mol. The Morgan fingerprint density at radius 3 is 1.36 bits per heavy atom. The first-order chi connectivity index (χ1) is 47.5. The molecule has 0 atom stereocenters. The Hall–Kier alpha value is -12.7. The summed E-state index contributed by atoms with van der Waals surface area (Å²) in [6.45, 7) is 9.48. The summed E-state index contributed by atoms with van der Waals surface area (Å²) in [5.41, 5.74) is 24.5. The highest BCUT2D eigenvalue weighted by Gasteiger charge is 2.44. The first kappa shape index (κ1) is 58.2. The van der Waals surface area contributed by atoms with Crippen LogP contribution in [0.15, 0.2) is 315 Å². The smallest absolute Gasteiger partial charge is 0.311 e. The number of halogens is 3. The second kappa shape index (κ2) is 23.4. The van der Waals surface area contributed by atoms with Crippen LogP contribution in [0.1, 0.15) is 16.7 Å². The van der Waals surface area contributed by atoms with Crippen molar-refractivity contribution in [1.82, 2.24) is 4.57 Å². The van der Waals surface area contributed by atoms with Gasteiger partial charge >= 0.3 is 6.18 Å². The molecule has 0 bridgehead atoms. The topological polar surface area (TPSA) is 39.6 Å². The Morgan fingerprint density at radius 2 is 0.845 bits per heavy atom.